The highest BCUT2D eigenvalue weighted by Gasteiger charge is 2.17. The van der Waals surface area contributed by atoms with Crippen LogP contribution in [0, 0.1) is 12.7 Å². The van der Waals surface area contributed by atoms with E-state index in [9.17, 15) is 4.39 Å². The molecule has 0 saturated carbocycles. The van der Waals surface area contributed by atoms with Crippen LogP contribution in [0.25, 0.3) is 56.0 Å². The van der Waals surface area contributed by atoms with Crippen LogP contribution in [-0.2, 0) is 0 Å². The van der Waals surface area contributed by atoms with Gasteiger partial charge in [0.25, 0.3) is 0 Å². The van der Waals surface area contributed by atoms with Crippen molar-refractivity contribution in [3.05, 3.63) is 78.6 Å². The third-order valence-electron chi connectivity index (χ3n) is 5.41. The average Bonchev–Trinajstić information content (AvgIpc) is 3.42. The van der Waals surface area contributed by atoms with E-state index >= 15 is 0 Å². The van der Waals surface area contributed by atoms with Crippen molar-refractivity contribution in [1.82, 2.24) is 35.1 Å². The molecule has 8 heteroatoms. The fourth-order valence-electron chi connectivity index (χ4n) is 3.94. The number of benzene rings is 1. The highest BCUT2D eigenvalue weighted by Crippen LogP contribution is 2.32. The molecule has 0 fully saturated rings. The molecule has 5 aromatic heterocycles. The van der Waals surface area contributed by atoms with Gasteiger partial charge < -0.3 is 4.98 Å². The van der Waals surface area contributed by atoms with Crippen molar-refractivity contribution in [2.45, 2.75) is 6.92 Å². The fraction of sp³-hybridized carbons (Fsp3) is 0.0417. The predicted molar refractivity (Wildman–Crippen MR) is 120 cm³/mol. The van der Waals surface area contributed by atoms with Gasteiger partial charge in [-0.2, -0.15) is 5.10 Å². The summed E-state index contributed by atoms with van der Waals surface area (Å²) in [6, 6.07) is 12.7. The summed E-state index contributed by atoms with van der Waals surface area (Å²) in [6.07, 6.45) is 6.95. The van der Waals surface area contributed by atoms with Crippen molar-refractivity contribution in [3.63, 3.8) is 0 Å². The summed E-state index contributed by atoms with van der Waals surface area (Å²) < 4.78 is 14.0. The Balaban J connectivity index is 1.52. The zero-order valence-corrected chi connectivity index (χ0v) is 17.0. The van der Waals surface area contributed by atoms with Crippen molar-refractivity contribution >= 4 is 22.2 Å². The van der Waals surface area contributed by atoms with Crippen molar-refractivity contribution in [1.29, 1.82) is 0 Å². The molecule has 0 aliphatic rings. The lowest BCUT2D eigenvalue weighted by molar-refractivity contribution is 0.627. The molecule has 7 nitrogen and oxygen atoms in total. The van der Waals surface area contributed by atoms with Crippen molar-refractivity contribution < 1.29 is 4.39 Å². The van der Waals surface area contributed by atoms with E-state index in [0.717, 1.165) is 38.7 Å². The Morgan fingerprint density at radius 1 is 0.844 bits per heavy atom. The van der Waals surface area contributed by atoms with Crippen LogP contribution in [0.3, 0.4) is 0 Å². The monoisotopic (exact) mass is 421 g/mol. The van der Waals surface area contributed by atoms with Gasteiger partial charge in [-0.3, -0.25) is 10.1 Å². The van der Waals surface area contributed by atoms with Gasteiger partial charge in [0.1, 0.15) is 11.5 Å². The maximum absolute atomic E-state index is 14.0. The molecule has 32 heavy (non-hydrogen) atoms. The Labute approximate surface area is 181 Å². The molecule has 0 unspecified atom stereocenters. The number of hydrogen-bond acceptors (Lipinski definition) is 5. The third-order valence-corrected chi connectivity index (χ3v) is 5.41. The number of halogens is 1. The summed E-state index contributed by atoms with van der Waals surface area (Å²) in [5.41, 5.74) is 6.98. The number of rotatable bonds is 3. The number of hydrogen-bond donors (Lipinski definition) is 2. The van der Waals surface area contributed by atoms with Gasteiger partial charge in [0.05, 0.1) is 10.9 Å². The van der Waals surface area contributed by atoms with E-state index in [-0.39, 0.29) is 5.82 Å². The summed E-state index contributed by atoms with van der Waals surface area (Å²) in [6.45, 7) is 1.87. The van der Waals surface area contributed by atoms with Gasteiger partial charge in [-0.05, 0) is 60.0 Å². The van der Waals surface area contributed by atoms with E-state index in [1.165, 1.54) is 12.1 Å². The van der Waals surface area contributed by atoms with Gasteiger partial charge in [-0.1, -0.05) is 6.07 Å². The topological polar surface area (TPSA) is 96.0 Å². The summed E-state index contributed by atoms with van der Waals surface area (Å²) >= 11 is 0. The molecule has 6 rings (SSSR count). The van der Waals surface area contributed by atoms with Crippen LogP contribution >= 0.6 is 0 Å². The van der Waals surface area contributed by atoms with E-state index in [1.54, 1.807) is 24.8 Å². The minimum atomic E-state index is -0.279. The molecule has 0 amide bonds. The standard InChI is InChI=1S/C24H16FN7/c1-13-8-15(10-17(25)9-13)18-4-7-27-23-20(18)29-24(30-23)21-19-11-16(12-28-22(19)32-31-21)14-2-5-26-6-3-14/h2-12H,1H3,(H,27,29,30)(H,28,31,32). The highest BCUT2D eigenvalue weighted by atomic mass is 19.1. The molecule has 6 aromatic rings. The SMILES string of the molecule is Cc1cc(F)cc(-c2ccnc3nc(-c4[nH]nc5ncc(-c6ccncc6)cc45)[nH]c23)c1. The number of pyridine rings is 3. The molecule has 0 saturated heterocycles. The number of imidazole rings is 1. The second-order valence-corrected chi connectivity index (χ2v) is 7.59. The van der Waals surface area contributed by atoms with Crippen LogP contribution < -0.4 is 0 Å². The molecule has 1 aromatic carbocycles. The van der Waals surface area contributed by atoms with Gasteiger partial charge in [-0.25, -0.2) is 19.3 Å². The quantitative estimate of drug-likeness (QED) is 0.416. The third kappa shape index (κ3) is 3.01. The summed E-state index contributed by atoms with van der Waals surface area (Å²) in [5, 5.41) is 8.20. The maximum atomic E-state index is 14.0. The number of nitrogens with zero attached hydrogens (tertiary/aromatic N) is 5. The van der Waals surface area contributed by atoms with Crippen LogP contribution in [0.1, 0.15) is 5.56 Å². The Hall–Kier alpha value is -4.46. The molecule has 2 N–H and O–H groups in total. The Morgan fingerprint density at radius 3 is 2.56 bits per heavy atom. The lowest BCUT2D eigenvalue weighted by Crippen LogP contribution is -1.86. The number of H-pyrrole nitrogens is 2. The molecular weight excluding hydrogens is 405 g/mol. The molecule has 0 radical (unpaired) electrons. The number of aromatic amines is 2. The number of nitrogens with one attached hydrogen (secondary N) is 2. The van der Waals surface area contributed by atoms with E-state index in [1.807, 2.05) is 37.3 Å². The van der Waals surface area contributed by atoms with Crippen LogP contribution in [0.4, 0.5) is 4.39 Å². The number of fused-ring (bicyclic) bond motifs is 2. The predicted octanol–water partition coefficient (Wildman–Crippen LogP) is 5.07. The second-order valence-electron chi connectivity index (χ2n) is 7.59. The molecule has 0 spiro atoms. The minimum Gasteiger partial charge on any atom is -0.335 e. The van der Waals surface area contributed by atoms with Crippen molar-refractivity contribution in [2.24, 2.45) is 0 Å². The molecule has 154 valence electrons. The smallest absolute Gasteiger partial charge is 0.181 e. The van der Waals surface area contributed by atoms with E-state index in [0.29, 0.717) is 22.8 Å². The largest absolute Gasteiger partial charge is 0.335 e. The number of aryl methyl sites for hydroxylation is 1. The Kier molecular flexibility index (Phi) is 4.04. The van der Waals surface area contributed by atoms with Gasteiger partial charge in [0, 0.05) is 35.9 Å². The molecule has 5 heterocycles. The van der Waals surface area contributed by atoms with Crippen LogP contribution in [-0.4, -0.2) is 35.1 Å². The zero-order chi connectivity index (χ0) is 21.7. The second kappa shape index (κ2) is 7.05. The molecule has 0 aliphatic carbocycles. The molecular formula is C24H16FN7. The number of aromatic nitrogens is 7. The van der Waals surface area contributed by atoms with Crippen LogP contribution in [0.5, 0.6) is 0 Å². The summed E-state index contributed by atoms with van der Waals surface area (Å²) in [7, 11) is 0. The normalized spacial score (nSPS) is 11.4. The summed E-state index contributed by atoms with van der Waals surface area (Å²) in [4.78, 5) is 21.0. The van der Waals surface area contributed by atoms with Crippen LogP contribution in [0.2, 0.25) is 0 Å². The molecule has 0 bridgehead atoms. The van der Waals surface area contributed by atoms with Gasteiger partial charge in [0.15, 0.2) is 17.1 Å². The van der Waals surface area contributed by atoms with Crippen molar-refractivity contribution in [2.75, 3.05) is 0 Å². The van der Waals surface area contributed by atoms with Crippen molar-refractivity contribution in [3.8, 4) is 33.8 Å². The zero-order valence-electron chi connectivity index (χ0n) is 17.0. The molecule has 0 atom stereocenters. The lowest BCUT2D eigenvalue weighted by Gasteiger charge is -2.04. The first-order valence-electron chi connectivity index (χ1n) is 10.0. The van der Waals surface area contributed by atoms with Crippen LogP contribution in [0.15, 0.2) is 67.3 Å². The first-order chi connectivity index (χ1) is 15.7. The van der Waals surface area contributed by atoms with Gasteiger partial charge >= 0.3 is 0 Å². The minimum absolute atomic E-state index is 0.279. The van der Waals surface area contributed by atoms with Gasteiger partial charge in [0.2, 0.25) is 0 Å². The summed E-state index contributed by atoms with van der Waals surface area (Å²) in [5.74, 6) is 0.309. The lowest BCUT2D eigenvalue weighted by atomic mass is 10.0. The Morgan fingerprint density at radius 2 is 1.72 bits per heavy atom. The molecule has 0 aliphatic heterocycles. The maximum Gasteiger partial charge on any atom is 0.181 e. The first-order valence-corrected chi connectivity index (χ1v) is 10.0. The average molecular weight is 421 g/mol. The first kappa shape index (κ1) is 18.3. The fourth-order valence-corrected chi connectivity index (χ4v) is 3.94. The Bertz CT molecular complexity index is 1580. The van der Waals surface area contributed by atoms with Gasteiger partial charge in [-0.15, -0.1) is 0 Å². The van der Waals surface area contributed by atoms with E-state index < -0.39 is 0 Å². The highest BCUT2D eigenvalue weighted by molar-refractivity contribution is 5.96. The van der Waals surface area contributed by atoms with E-state index in [2.05, 4.69) is 35.1 Å². The van der Waals surface area contributed by atoms with E-state index in [4.69, 9.17) is 0 Å².